The van der Waals surface area contributed by atoms with Crippen LogP contribution in [0.5, 0.6) is 5.75 Å². The third-order valence-electron chi connectivity index (χ3n) is 4.38. The van der Waals surface area contributed by atoms with Crippen LogP contribution in [0.3, 0.4) is 0 Å². The summed E-state index contributed by atoms with van der Waals surface area (Å²) in [6, 6.07) is 13.0. The largest absolute Gasteiger partial charge is 0.497 e. The van der Waals surface area contributed by atoms with Gasteiger partial charge in [-0.25, -0.2) is 13.1 Å². The first-order chi connectivity index (χ1) is 14.0. The lowest BCUT2D eigenvalue weighted by atomic mass is 10.0. The third kappa shape index (κ3) is 6.29. The fourth-order valence-electron chi connectivity index (χ4n) is 3.04. The summed E-state index contributed by atoms with van der Waals surface area (Å²) in [4.78, 5) is 12.8. The summed E-state index contributed by atoms with van der Waals surface area (Å²) in [5, 5.41) is 2.91. The average molecular weight is 435 g/mol. The normalized spacial score (nSPS) is 14.1. The first kappa shape index (κ1) is 23.9. The van der Waals surface area contributed by atoms with Gasteiger partial charge in [-0.1, -0.05) is 12.1 Å². The number of hydrogen-bond acceptors (Lipinski definition) is 5. The molecule has 2 rings (SSSR count). The van der Waals surface area contributed by atoms with Gasteiger partial charge in [0.05, 0.1) is 18.0 Å². The summed E-state index contributed by atoms with van der Waals surface area (Å²) in [6.07, 6.45) is -0.351. The molecule has 0 unspecified atom stereocenters. The molecule has 30 heavy (non-hydrogen) atoms. The van der Waals surface area contributed by atoms with Gasteiger partial charge in [0.15, 0.2) is 0 Å². The lowest BCUT2D eigenvalue weighted by Gasteiger charge is -2.24. The summed E-state index contributed by atoms with van der Waals surface area (Å²) in [5.74, 6) is 0.423. The van der Waals surface area contributed by atoms with Crippen LogP contribution in [0, 0.1) is 0 Å². The highest BCUT2D eigenvalue weighted by molar-refractivity contribution is 7.89. The third-order valence-corrected chi connectivity index (χ3v) is 6.15. The van der Waals surface area contributed by atoms with Crippen LogP contribution in [-0.4, -0.2) is 40.1 Å². The summed E-state index contributed by atoms with van der Waals surface area (Å²) in [6.45, 7) is 7.15. The minimum Gasteiger partial charge on any atom is -0.497 e. The van der Waals surface area contributed by atoms with Crippen molar-refractivity contribution in [3.63, 3.8) is 0 Å². The highest BCUT2D eigenvalue weighted by atomic mass is 32.2. The number of sulfonamides is 1. The number of hydrogen-bond donors (Lipinski definition) is 2. The smallest absolute Gasteiger partial charge is 0.251 e. The Balaban J connectivity index is 2.10. The van der Waals surface area contributed by atoms with E-state index in [0.29, 0.717) is 5.56 Å². The van der Waals surface area contributed by atoms with E-state index in [1.54, 1.807) is 35.0 Å². The van der Waals surface area contributed by atoms with Crippen molar-refractivity contribution in [1.29, 1.82) is 0 Å². The number of ether oxygens (including phenoxy) is 2. The molecule has 1 amide bonds. The van der Waals surface area contributed by atoms with Crippen molar-refractivity contribution in [3.05, 3.63) is 59.7 Å². The Morgan fingerprint density at radius 1 is 0.967 bits per heavy atom. The molecule has 2 aromatic rings. The Labute approximate surface area is 178 Å². The molecule has 0 saturated heterocycles. The number of carbonyl (C=O) groups excluding carboxylic acids is 1. The van der Waals surface area contributed by atoms with Gasteiger partial charge < -0.3 is 14.8 Å². The number of rotatable bonds is 8. The highest BCUT2D eigenvalue weighted by Gasteiger charge is 2.24. The molecule has 8 heteroatoms. The number of nitrogens with one attached hydrogen (secondary N) is 2. The van der Waals surface area contributed by atoms with E-state index >= 15 is 0 Å². The maximum Gasteiger partial charge on any atom is 0.251 e. The van der Waals surface area contributed by atoms with Crippen LogP contribution in [0.4, 0.5) is 0 Å². The molecule has 2 atom stereocenters. The van der Waals surface area contributed by atoms with Gasteiger partial charge in [-0.2, -0.15) is 0 Å². The van der Waals surface area contributed by atoms with E-state index in [2.05, 4.69) is 10.0 Å². The van der Waals surface area contributed by atoms with Crippen molar-refractivity contribution in [3.8, 4) is 5.75 Å². The van der Waals surface area contributed by atoms with Gasteiger partial charge in [-0.05, 0) is 69.7 Å². The van der Waals surface area contributed by atoms with E-state index in [-0.39, 0.29) is 22.9 Å². The van der Waals surface area contributed by atoms with E-state index in [1.165, 1.54) is 24.3 Å². The molecule has 0 fully saturated rings. The van der Waals surface area contributed by atoms with Gasteiger partial charge in [-0.15, -0.1) is 0 Å². The topological polar surface area (TPSA) is 93.7 Å². The van der Waals surface area contributed by atoms with Crippen molar-refractivity contribution in [2.24, 2.45) is 0 Å². The van der Waals surface area contributed by atoms with Crippen LogP contribution in [-0.2, 0) is 14.8 Å². The molecule has 2 aromatic carbocycles. The summed E-state index contributed by atoms with van der Waals surface area (Å²) in [7, 11) is -0.473. The van der Waals surface area contributed by atoms with Gasteiger partial charge in [0.2, 0.25) is 10.0 Å². The number of carbonyl (C=O) groups is 1. The lowest BCUT2D eigenvalue weighted by molar-refractivity contribution is 0.0644. The summed E-state index contributed by atoms with van der Waals surface area (Å²) >= 11 is 0. The molecule has 0 spiro atoms. The maximum absolute atomic E-state index is 12.6. The second-order valence-electron chi connectivity index (χ2n) is 8.07. The van der Waals surface area contributed by atoms with Gasteiger partial charge in [0.25, 0.3) is 5.91 Å². The molecule has 2 N–H and O–H groups in total. The van der Waals surface area contributed by atoms with E-state index in [0.717, 1.165) is 11.3 Å². The first-order valence-corrected chi connectivity index (χ1v) is 11.1. The fraction of sp³-hybridized carbons (Fsp3) is 0.409. The lowest BCUT2D eigenvalue weighted by Crippen LogP contribution is -2.40. The fourth-order valence-corrected chi connectivity index (χ4v) is 4.45. The van der Waals surface area contributed by atoms with Gasteiger partial charge >= 0.3 is 0 Å². The molecule has 0 heterocycles. The Morgan fingerprint density at radius 2 is 1.53 bits per heavy atom. The van der Waals surface area contributed by atoms with Crippen molar-refractivity contribution in [2.45, 2.75) is 50.3 Å². The predicted octanol–water partition coefficient (Wildman–Crippen LogP) is 3.28. The molecule has 0 aliphatic rings. The van der Waals surface area contributed by atoms with Crippen molar-refractivity contribution in [2.75, 3.05) is 14.2 Å². The zero-order valence-electron chi connectivity index (χ0n) is 18.2. The Hall–Kier alpha value is -2.42. The molecule has 0 aromatic heterocycles. The van der Waals surface area contributed by atoms with Crippen molar-refractivity contribution < 1.29 is 22.7 Å². The Morgan fingerprint density at radius 3 is 2.00 bits per heavy atom. The maximum atomic E-state index is 12.6. The van der Waals surface area contributed by atoms with E-state index in [1.807, 2.05) is 31.2 Å². The second kappa shape index (κ2) is 9.59. The zero-order valence-corrected chi connectivity index (χ0v) is 19.0. The molecule has 7 nitrogen and oxygen atoms in total. The van der Waals surface area contributed by atoms with E-state index in [4.69, 9.17) is 9.47 Å². The van der Waals surface area contributed by atoms with Crippen LogP contribution in [0.2, 0.25) is 0 Å². The van der Waals surface area contributed by atoms with Crippen LogP contribution >= 0.6 is 0 Å². The molecule has 0 aliphatic heterocycles. The molecule has 0 bridgehead atoms. The molecule has 0 saturated carbocycles. The minimum atomic E-state index is -3.65. The van der Waals surface area contributed by atoms with E-state index in [9.17, 15) is 13.2 Å². The van der Waals surface area contributed by atoms with Crippen LogP contribution < -0.4 is 14.8 Å². The number of amides is 1. The minimum absolute atomic E-state index is 0.107. The summed E-state index contributed by atoms with van der Waals surface area (Å²) in [5.41, 5.74) is 0.669. The monoisotopic (exact) mass is 434 g/mol. The summed E-state index contributed by atoms with van der Waals surface area (Å²) < 4.78 is 38.1. The van der Waals surface area contributed by atoms with Gasteiger partial charge in [0.1, 0.15) is 11.9 Å². The zero-order chi connectivity index (χ0) is 22.5. The molecule has 0 radical (unpaired) electrons. The van der Waals surface area contributed by atoms with Gasteiger partial charge in [-0.3, -0.25) is 4.79 Å². The van der Waals surface area contributed by atoms with E-state index < -0.39 is 15.6 Å². The second-order valence-corrected chi connectivity index (χ2v) is 9.75. The molecule has 0 aliphatic carbocycles. The van der Waals surface area contributed by atoms with Crippen molar-refractivity contribution >= 4 is 15.9 Å². The number of methoxy groups -OCH3 is 2. The SMILES string of the molecule is COc1ccc([C@@H](OC)[C@H](C)NC(=O)c2ccc(S(=O)(=O)NC(C)(C)C)cc2)cc1. The average Bonchev–Trinajstić information content (AvgIpc) is 2.67. The molecule has 164 valence electrons. The standard InChI is InChI=1S/C22H30N2O5S/c1-15(20(29-6)16-7-11-18(28-5)12-8-16)23-21(25)17-9-13-19(14-10-17)30(26,27)24-22(2,3)4/h7-15,20,24H,1-6H3,(H,23,25)/t15-,20-/m0/s1. The first-order valence-electron chi connectivity index (χ1n) is 9.58. The van der Waals surface area contributed by atoms with Crippen LogP contribution in [0.25, 0.3) is 0 Å². The van der Waals surface area contributed by atoms with Crippen LogP contribution in [0.1, 0.15) is 49.7 Å². The molecular formula is C22H30N2O5S. The Bertz CT molecular complexity index is 949. The highest BCUT2D eigenvalue weighted by Crippen LogP contribution is 2.23. The molecular weight excluding hydrogens is 404 g/mol. The number of benzene rings is 2. The Kier molecular flexibility index (Phi) is 7.63. The van der Waals surface area contributed by atoms with Crippen molar-refractivity contribution in [1.82, 2.24) is 10.0 Å². The quantitative estimate of drug-likeness (QED) is 0.665. The van der Waals surface area contributed by atoms with Gasteiger partial charge in [0, 0.05) is 18.2 Å². The van der Waals surface area contributed by atoms with Crippen LogP contribution in [0.15, 0.2) is 53.4 Å². The predicted molar refractivity (Wildman–Crippen MR) is 116 cm³/mol.